The number of carbonyl (C=O) groups is 1. The molecule has 2 N–H and O–H groups in total. The van der Waals surface area contributed by atoms with Gasteiger partial charge in [0.15, 0.2) is 0 Å². The Labute approximate surface area is 245 Å². The number of rotatable bonds is 10. The molecule has 0 bridgehead atoms. The number of nitrogens with one attached hydrogen (secondary N) is 1. The number of aromatic hydroxyl groups is 1. The van der Waals surface area contributed by atoms with Crippen molar-refractivity contribution in [3.05, 3.63) is 58.6 Å². The molecule has 222 valence electrons. The summed E-state index contributed by atoms with van der Waals surface area (Å²) in [6.07, 6.45) is 2.43. The lowest BCUT2D eigenvalue weighted by atomic mass is 9.74. The smallest absolute Gasteiger partial charge is 0.416 e. The number of hydrogen-bond donors (Lipinski definition) is 2. The summed E-state index contributed by atoms with van der Waals surface area (Å²) in [7, 11) is 0. The zero-order valence-electron chi connectivity index (χ0n) is 23.2. The highest BCUT2D eigenvalue weighted by Crippen LogP contribution is 2.37. The fourth-order valence-corrected chi connectivity index (χ4v) is 6.31. The Morgan fingerprint density at radius 1 is 1.10 bits per heavy atom. The highest BCUT2D eigenvalue weighted by atomic mass is 35.5. The van der Waals surface area contributed by atoms with Gasteiger partial charge >= 0.3 is 6.18 Å². The number of nitriles is 1. The Morgan fingerprint density at radius 2 is 1.80 bits per heavy atom. The maximum atomic E-state index is 13.2. The molecule has 6 nitrogen and oxygen atoms in total. The molecular formula is C31H38ClF3N4O2. The van der Waals surface area contributed by atoms with Gasteiger partial charge in [0.25, 0.3) is 5.91 Å². The third-order valence-corrected chi connectivity index (χ3v) is 8.77. The van der Waals surface area contributed by atoms with Crippen molar-refractivity contribution in [3.63, 3.8) is 0 Å². The summed E-state index contributed by atoms with van der Waals surface area (Å²) in [5.41, 5.74) is 0.0607. The molecule has 0 radical (unpaired) electrons. The van der Waals surface area contributed by atoms with E-state index in [1.165, 1.54) is 12.1 Å². The van der Waals surface area contributed by atoms with Gasteiger partial charge in [0.05, 0.1) is 17.2 Å². The van der Waals surface area contributed by atoms with Gasteiger partial charge in [0.2, 0.25) is 0 Å². The van der Waals surface area contributed by atoms with Crippen LogP contribution >= 0.6 is 11.6 Å². The van der Waals surface area contributed by atoms with Crippen molar-refractivity contribution >= 4 is 23.2 Å². The van der Waals surface area contributed by atoms with Crippen molar-refractivity contribution in [2.45, 2.75) is 51.1 Å². The molecule has 10 heteroatoms. The molecule has 2 aromatic carbocycles. The predicted octanol–water partition coefficient (Wildman–Crippen LogP) is 6.73. The molecule has 1 saturated heterocycles. The van der Waals surface area contributed by atoms with Crippen molar-refractivity contribution in [2.75, 3.05) is 44.2 Å². The lowest BCUT2D eigenvalue weighted by Crippen LogP contribution is -2.47. The number of piperazine rings is 1. The Balaban J connectivity index is 1.13. The first-order valence-corrected chi connectivity index (χ1v) is 14.8. The zero-order valence-corrected chi connectivity index (χ0v) is 23.9. The minimum atomic E-state index is -4.42. The zero-order chi connectivity index (χ0) is 29.4. The Morgan fingerprint density at radius 3 is 2.46 bits per heavy atom. The number of para-hydroxylation sites is 1. The van der Waals surface area contributed by atoms with Crippen molar-refractivity contribution < 1.29 is 23.1 Å². The number of hydrogen-bond acceptors (Lipinski definition) is 5. The molecule has 0 aromatic heterocycles. The number of anilines is 1. The van der Waals surface area contributed by atoms with Crippen LogP contribution in [0.4, 0.5) is 18.9 Å². The first kappa shape index (κ1) is 31.0. The fraction of sp³-hybridized carbons (Fsp3) is 0.548. The van der Waals surface area contributed by atoms with Crippen LogP contribution in [0.5, 0.6) is 5.75 Å². The van der Waals surface area contributed by atoms with Gasteiger partial charge in [-0.3, -0.25) is 9.69 Å². The maximum Gasteiger partial charge on any atom is 0.416 e. The molecule has 1 saturated carbocycles. The SMILES string of the molecule is N#CC(CCCNC(=O)c1ccccc1O)C1CCC(CCN2CCN(c3cc(Cl)cc(C(F)(F)F)c3)CC2)CC1. The Kier molecular flexibility index (Phi) is 10.8. The number of benzene rings is 2. The molecule has 41 heavy (non-hydrogen) atoms. The molecule has 2 aliphatic rings. The minimum absolute atomic E-state index is 0.0181. The first-order valence-electron chi connectivity index (χ1n) is 14.4. The van der Waals surface area contributed by atoms with Crippen LogP contribution < -0.4 is 10.2 Å². The largest absolute Gasteiger partial charge is 0.507 e. The number of amides is 1. The normalized spacial score (nSPS) is 20.8. The third kappa shape index (κ3) is 8.76. The van der Waals surface area contributed by atoms with Gasteiger partial charge in [0, 0.05) is 49.4 Å². The molecule has 0 spiro atoms. The van der Waals surface area contributed by atoms with Crippen LogP contribution in [0.25, 0.3) is 0 Å². The highest BCUT2D eigenvalue weighted by Gasteiger charge is 2.32. The van der Waals surface area contributed by atoms with Crippen LogP contribution in [0.3, 0.4) is 0 Å². The number of phenolic OH excluding ortho intramolecular Hbond substituents is 1. The molecule has 1 aliphatic carbocycles. The third-order valence-electron chi connectivity index (χ3n) is 8.55. The predicted molar refractivity (Wildman–Crippen MR) is 154 cm³/mol. The lowest BCUT2D eigenvalue weighted by molar-refractivity contribution is -0.137. The Bertz CT molecular complexity index is 1200. The molecule has 1 aliphatic heterocycles. The summed E-state index contributed by atoms with van der Waals surface area (Å²) in [5, 5.41) is 22.5. The summed E-state index contributed by atoms with van der Waals surface area (Å²) in [4.78, 5) is 16.6. The van der Waals surface area contributed by atoms with Crippen LogP contribution in [0.1, 0.15) is 60.9 Å². The van der Waals surface area contributed by atoms with Crippen molar-refractivity contribution in [3.8, 4) is 11.8 Å². The second kappa shape index (κ2) is 14.3. The number of alkyl halides is 3. The maximum absolute atomic E-state index is 13.2. The van der Waals surface area contributed by atoms with Crippen LogP contribution in [-0.2, 0) is 6.18 Å². The summed E-state index contributed by atoms with van der Waals surface area (Å²) >= 11 is 5.97. The topological polar surface area (TPSA) is 79.6 Å². The summed E-state index contributed by atoms with van der Waals surface area (Å²) < 4.78 is 39.5. The quantitative estimate of drug-likeness (QED) is 0.300. The van der Waals surface area contributed by atoms with E-state index in [2.05, 4.69) is 16.3 Å². The number of nitrogens with zero attached hydrogens (tertiary/aromatic N) is 3. The highest BCUT2D eigenvalue weighted by molar-refractivity contribution is 6.31. The molecule has 1 unspecified atom stereocenters. The molecule has 2 aromatic rings. The van der Waals surface area contributed by atoms with Crippen LogP contribution in [0.15, 0.2) is 42.5 Å². The van der Waals surface area contributed by atoms with Crippen LogP contribution in [-0.4, -0.2) is 55.2 Å². The van der Waals surface area contributed by atoms with Gasteiger partial charge in [-0.2, -0.15) is 18.4 Å². The van der Waals surface area contributed by atoms with Gasteiger partial charge in [0.1, 0.15) is 5.75 Å². The van der Waals surface area contributed by atoms with Gasteiger partial charge < -0.3 is 15.3 Å². The summed E-state index contributed by atoms with van der Waals surface area (Å²) in [6.45, 7) is 4.39. The second-order valence-electron chi connectivity index (χ2n) is 11.2. The molecule has 1 amide bonds. The van der Waals surface area contributed by atoms with E-state index in [-0.39, 0.29) is 28.2 Å². The van der Waals surface area contributed by atoms with Gasteiger partial charge in [-0.25, -0.2) is 0 Å². The summed E-state index contributed by atoms with van der Waals surface area (Å²) in [5.74, 6) is 0.644. The average molecular weight is 591 g/mol. The fourth-order valence-electron chi connectivity index (χ4n) is 6.08. The van der Waals surface area contributed by atoms with E-state index in [0.717, 1.165) is 70.6 Å². The van der Waals surface area contributed by atoms with Crippen molar-refractivity contribution in [1.29, 1.82) is 5.26 Å². The molecule has 1 atom stereocenters. The van der Waals surface area contributed by atoms with E-state index >= 15 is 0 Å². The van der Waals surface area contributed by atoms with E-state index in [0.29, 0.717) is 37.2 Å². The van der Waals surface area contributed by atoms with Gasteiger partial charge in [-0.15, -0.1) is 0 Å². The molecular weight excluding hydrogens is 553 g/mol. The van der Waals surface area contributed by atoms with E-state index in [1.807, 2.05) is 4.90 Å². The number of carbonyl (C=O) groups excluding carboxylic acids is 1. The van der Waals surface area contributed by atoms with Crippen LogP contribution in [0, 0.1) is 29.1 Å². The Hall–Kier alpha value is -2.96. The van der Waals surface area contributed by atoms with E-state index in [4.69, 9.17) is 11.6 Å². The van der Waals surface area contributed by atoms with E-state index in [1.54, 1.807) is 24.3 Å². The van der Waals surface area contributed by atoms with Gasteiger partial charge in [-0.1, -0.05) is 36.6 Å². The van der Waals surface area contributed by atoms with Crippen molar-refractivity contribution in [1.82, 2.24) is 10.2 Å². The monoisotopic (exact) mass is 590 g/mol. The van der Waals surface area contributed by atoms with Crippen molar-refractivity contribution in [2.24, 2.45) is 17.8 Å². The van der Waals surface area contributed by atoms with E-state index < -0.39 is 11.7 Å². The number of phenols is 1. The standard InChI is InChI=1S/C31H38ClF3N4O2/c32-26-18-25(31(33,34)35)19-27(20-26)39-16-14-38(15-17-39)13-11-22-7-9-23(10-8-22)24(21-36)4-3-12-37-30(41)28-5-1-2-6-29(28)40/h1-2,5-6,18-20,22-24,40H,3-4,7-17H2,(H,37,41). The second-order valence-corrected chi connectivity index (χ2v) is 11.7. The molecule has 4 rings (SSSR count). The lowest BCUT2D eigenvalue weighted by Gasteiger charge is -2.37. The average Bonchev–Trinajstić information content (AvgIpc) is 2.96. The first-order chi connectivity index (χ1) is 19.6. The number of halogens is 4. The van der Waals surface area contributed by atoms with E-state index in [9.17, 15) is 28.3 Å². The molecule has 1 heterocycles. The minimum Gasteiger partial charge on any atom is -0.507 e. The molecule has 2 fully saturated rings. The van der Waals surface area contributed by atoms with Crippen LogP contribution in [0.2, 0.25) is 5.02 Å². The van der Waals surface area contributed by atoms with Gasteiger partial charge in [-0.05, 0) is 80.8 Å². The summed E-state index contributed by atoms with van der Waals surface area (Å²) in [6, 6.07) is 12.7.